The maximum Gasteiger partial charge on any atom is 0.0952 e. The van der Waals surface area contributed by atoms with Gasteiger partial charge in [-0.05, 0) is 26.9 Å². The molecular weight excluding hydrogens is 224 g/mol. The number of likely N-dealkylation sites (N-methyl/N-ethyl adjacent to an activating group) is 1. The Kier molecular flexibility index (Phi) is 3.16. The van der Waals surface area contributed by atoms with E-state index in [1.165, 1.54) is 37.1 Å². The van der Waals surface area contributed by atoms with Gasteiger partial charge >= 0.3 is 0 Å². The topological polar surface area (TPSA) is 33.1 Å². The van der Waals surface area contributed by atoms with Crippen molar-refractivity contribution < 1.29 is 0 Å². The second-order valence-electron chi connectivity index (χ2n) is 6.02. The Balaban J connectivity index is 1.85. The summed E-state index contributed by atoms with van der Waals surface area (Å²) in [5.74, 6) is 0. The summed E-state index contributed by atoms with van der Waals surface area (Å²) in [6.07, 6.45) is 8.57. The van der Waals surface area contributed by atoms with Crippen LogP contribution in [0.2, 0.25) is 0 Å². The molecule has 0 amide bonds. The van der Waals surface area contributed by atoms with Gasteiger partial charge in [-0.1, -0.05) is 12.8 Å². The summed E-state index contributed by atoms with van der Waals surface area (Å²) in [4.78, 5) is 7.01. The van der Waals surface area contributed by atoms with Crippen LogP contribution in [0.3, 0.4) is 0 Å². The van der Waals surface area contributed by atoms with E-state index in [0.717, 1.165) is 26.1 Å². The molecule has 4 heteroatoms. The maximum absolute atomic E-state index is 4.57. The largest absolute Gasteiger partial charge is 0.332 e. The number of fused-ring (bicyclic) bond motifs is 1. The van der Waals surface area contributed by atoms with E-state index in [1.807, 2.05) is 0 Å². The Hall–Kier alpha value is -0.870. The van der Waals surface area contributed by atoms with Gasteiger partial charge in [-0.2, -0.15) is 0 Å². The van der Waals surface area contributed by atoms with E-state index < -0.39 is 0 Å². The van der Waals surface area contributed by atoms with Crippen molar-refractivity contribution in [3.05, 3.63) is 17.7 Å². The maximum atomic E-state index is 4.57. The first-order chi connectivity index (χ1) is 8.71. The first-order valence-electron chi connectivity index (χ1n) is 7.12. The third-order valence-corrected chi connectivity index (χ3v) is 4.81. The molecule has 3 rings (SSSR count). The third kappa shape index (κ3) is 1.97. The molecule has 0 aromatic carbocycles. The Bertz CT molecular complexity index is 415. The van der Waals surface area contributed by atoms with Crippen molar-refractivity contribution in [3.8, 4) is 0 Å². The van der Waals surface area contributed by atoms with Gasteiger partial charge in [0, 0.05) is 37.3 Å². The summed E-state index contributed by atoms with van der Waals surface area (Å²) in [5.41, 5.74) is 3.08. The predicted octanol–water partition coefficient (Wildman–Crippen LogP) is 1.40. The van der Waals surface area contributed by atoms with Crippen LogP contribution in [0.5, 0.6) is 0 Å². The van der Waals surface area contributed by atoms with Crippen LogP contribution >= 0.6 is 0 Å². The lowest BCUT2D eigenvalue weighted by molar-refractivity contribution is 0.132. The fourth-order valence-corrected chi connectivity index (χ4v) is 3.53. The average Bonchev–Trinajstić information content (AvgIpc) is 2.99. The molecule has 1 aliphatic carbocycles. The van der Waals surface area contributed by atoms with Gasteiger partial charge in [-0.25, -0.2) is 4.98 Å². The smallest absolute Gasteiger partial charge is 0.0952 e. The van der Waals surface area contributed by atoms with E-state index >= 15 is 0 Å². The number of nitrogens with zero attached hydrogens (tertiary/aromatic N) is 3. The number of hydrogen-bond donors (Lipinski definition) is 1. The predicted molar refractivity (Wildman–Crippen MR) is 72.5 cm³/mol. The lowest BCUT2D eigenvalue weighted by atomic mass is 9.95. The molecule has 4 nitrogen and oxygen atoms in total. The van der Waals surface area contributed by atoms with Crippen LogP contribution in [0.4, 0.5) is 0 Å². The Labute approximate surface area is 109 Å². The highest BCUT2D eigenvalue weighted by Crippen LogP contribution is 2.35. The van der Waals surface area contributed by atoms with Gasteiger partial charge in [0.25, 0.3) is 0 Å². The van der Waals surface area contributed by atoms with Crippen molar-refractivity contribution in [1.29, 1.82) is 0 Å². The van der Waals surface area contributed by atoms with Gasteiger partial charge in [0.15, 0.2) is 0 Å². The average molecular weight is 248 g/mol. The molecule has 0 unspecified atom stereocenters. The molecule has 1 aromatic heterocycles. The monoisotopic (exact) mass is 248 g/mol. The number of aromatic nitrogens is 2. The van der Waals surface area contributed by atoms with Gasteiger partial charge < -0.3 is 14.8 Å². The molecule has 1 aliphatic heterocycles. The van der Waals surface area contributed by atoms with Crippen molar-refractivity contribution in [3.63, 3.8) is 0 Å². The molecule has 1 fully saturated rings. The van der Waals surface area contributed by atoms with E-state index in [2.05, 4.69) is 40.2 Å². The van der Waals surface area contributed by atoms with E-state index in [1.54, 1.807) is 0 Å². The van der Waals surface area contributed by atoms with Crippen molar-refractivity contribution in [2.45, 2.75) is 50.7 Å². The van der Waals surface area contributed by atoms with Crippen LogP contribution in [0, 0.1) is 0 Å². The van der Waals surface area contributed by atoms with Crippen LogP contribution in [-0.4, -0.2) is 40.6 Å². The van der Waals surface area contributed by atoms with E-state index in [0.29, 0.717) is 5.54 Å². The molecule has 1 saturated carbocycles. The summed E-state index contributed by atoms with van der Waals surface area (Å²) in [6, 6.07) is 0. The van der Waals surface area contributed by atoms with Crippen LogP contribution in [-0.2, 0) is 19.5 Å². The third-order valence-electron chi connectivity index (χ3n) is 4.81. The molecule has 1 N–H and O–H groups in total. The summed E-state index contributed by atoms with van der Waals surface area (Å²) in [7, 11) is 4.46. The van der Waals surface area contributed by atoms with Crippen LogP contribution in [0.15, 0.2) is 6.33 Å². The summed E-state index contributed by atoms with van der Waals surface area (Å²) in [6.45, 7) is 3.15. The fourth-order valence-electron chi connectivity index (χ4n) is 3.53. The molecule has 2 heterocycles. The lowest BCUT2D eigenvalue weighted by Crippen LogP contribution is -2.45. The Morgan fingerprint density at radius 2 is 2.17 bits per heavy atom. The fraction of sp³-hybridized carbons (Fsp3) is 0.786. The first-order valence-corrected chi connectivity index (χ1v) is 7.12. The zero-order valence-electron chi connectivity index (χ0n) is 11.6. The normalized spacial score (nSPS) is 22.4. The standard InChI is InChI=1S/C14H24N4/c1-17(2)14(6-3-4-7-14)10-18-11-16-12-9-15-8-5-13(12)18/h11,15H,3-10H2,1-2H3. The zero-order chi connectivity index (χ0) is 12.6. The molecule has 0 bridgehead atoms. The van der Waals surface area contributed by atoms with Gasteiger partial charge in [0.05, 0.1) is 12.0 Å². The number of nitrogens with one attached hydrogen (secondary N) is 1. The summed E-state index contributed by atoms with van der Waals surface area (Å²) >= 11 is 0. The quantitative estimate of drug-likeness (QED) is 0.878. The summed E-state index contributed by atoms with van der Waals surface area (Å²) < 4.78 is 2.42. The molecule has 100 valence electrons. The minimum atomic E-state index is 0.360. The number of rotatable bonds is 3. The molecule has 0 saturated heterocycles. The molecule has 0 atom stereocenters. The molecule has 2 aliphatic rings. The van der Waals surface area contributed by atoms with E-state index in [-0.39, 0.29) is 0 Å². The molecule has 0 radical (unpaired) electrons. The Morgan fingerprint density at radius 3 is 2.89 bits per heavy atom. The summed E-state index contributed by atoms with van der Waals surface area (Å²) in [5, 5.41) is 3.39. The van der Waals surface area contributed by atoms with Crippen molar-refractivity contribution in [2.75, 3.05) is 20.6 Å². The number of imidazole rings is 1. The van der Waals surface area contributed by atoms with Crippen LogP contribution in [0.25, 0.3) is 0 Å². The highest BCUT2D eigenvalue weighted by Gasteiger charge is 2.37. The number of hydrogen-bond acceptors (Lipinski definition) is 3. The van der Waals surface area contributed by atoms with Gasteiger partial charge in [-0.15, -0.1) is 0 Å². The highest BCUT2D eigenvalue weighted by atomic mass is 15.2. The molecule has 1 aromatic rings. The second kappa shape index (κ2) is 4.67. The van der Waals surface area contributed by atoms with E-state index in [9.17, 15) is 0 Å². The molecule has 18 heavy (non-hydrogen) atoms. The van der Waals surface area contributed by atoms with Crippen molar-refractivity contribution in [2.24, 2.45) is 0 Å². The minimum absolute atomic E-state index is 0.360. The molecular formula is C14H24N4. The van der Waals surface area contributed by atoms with Crippen molar-refractivity contribution in [1.82, 2.24) is 19.8 Å². The van der Waals surface area contributed by atoms with Gasteiger partial charge in [0.2, 0.25) is 0 Å². The lowest BCUT2D eigenvalue weighted by Gasteiger charge is -2.37. The first kappa shape index (κ1) is 12.2. The SMILES string of the molecule is CN(C)C1(Cn2cnc3c2CCNC3)CCCC1. The molecule has 0 spiro atoms. The second-order valence-corrected chi connectivity index (χ2v) is 6.02. The van der Waals surface area contributed by atoms with Gasteiger partial charge in [-0.3, -0.25) is 0 Å². The zero-order valence-corrected chi connectivity index (χ0v) is 11.6. The van der Waals surface area contributed by atoms with Crippen LogP contribution in [0.1, 0.15) is 37.1 Å². The minimum Gasteiger partial charge on any atom is -0.332 e. The van der Waals surface area contributed by atoms with Crippen molar-refractivity contribution >= 4 is 0 Å². The van der Waals surface area contributed by atoms with Crippen LogP contribution < -0.4 is 5.32 Å². The van der Waals surface area contributed by atoms with Gasteiger partial charge in [0.1, 0.15) is 0 Å². The Morgan fingerprint density at radius 1 is 1.39 bits per heavy atom. The highest BCUT2D eigenvalue weighted by molar-refractivity contribution is 5.17. The van der Waals surface area contributed by atoms with E-state index in [4.69, 9.17) is 0 Å².